The standard InChI is InChI=1S/C19H24F3N3O2S/c20-19(21,22)16-10-15-2-9-27-18(17(15)28-16)3-6-24(7-4-18)12-14-11-23-25(13-14)5-1-8-26/h10-11,13,26H,1-9,12H2. The zero-order valence-electron chi connectivity index (χ0n) is 15.5. The summed E-state index contributed by atoms with van der Waals surface area (Å²) >= 11 is 0.861. The van der Waals surface area contributed by atoms with E-state index in [1.807, 2.05) is 17.1 Å². The molecule has 1 N–H and O–H groups in total. The van der Waals surface area contributed by atoms with Crippen LogP contribution >= 0.6 is 11.3 Å². The Hall–Kier alpha value is -1.42. The molecule has 5 nitrogen and oxygen atoms in total. The SMILES string of the molecule is OCCCn1cc(CN2CCC3(CC2)OCCc2cc(C(F)(F)F)sc23)cn1. The number of aliphatic hydroxyl groups is 1. The largest absolute Gasteiger partial charge is 0.425 e. The molecule has 4 rings (SSSR count). The molecule has 2 aromatic heterocycles. The van der Waals surface area contributed by atoms with Gasteiger partial charge in [-0.05, 0) is 37.3 Å². The van der Waals surface area contributed by atoms with Gasteiger partial charge < -0.3 is 9.84 Å². The average Bonchev–Trinajstić information content (AvgIpc) is 3.29. The minimum absolute atomic E-state index is 0.143. The van der Waals surface area contributed by atoms with E-state index in [1.165, 1.54) is 6.07 Å². The summed E-state index contributed by atoms with van der Waals surface area (Å²) in [6, 6.07) is 1.32. The molecule has 0 bridgehead atoms. The number of hydrogen-bond acceptors (Lipinski definition) is 5. The smallest absolute Gasteiger partial charge is 0.396 e. The molecule has 0 aliphatic carbocycles. The first-order valence-electron chi connectivity index (χ1n) is 9.58. The van der Waals surface area contributed by atoms with Gasteiger partial charge in [-0.1, -0.05) is 0 Å². The summed E-state index contributed by atoms with van der Waals surface area (Å²) < 4.78 is 47.4. The Morgan fingerprint density at radius 1 is 1.29 bits per heavy atom. The Balaban J connectivity index is 1.42. The van der Waals surface area contributed by atoms with E-state index < -0.39 is 16.7 Å². The van der Waals surface area contributed by atoms with Crippen molar-refractivity contribution < 1.29 is 23.0 Å². The lowest BCUT2D eigenvalue weighted by Crippen LogP contribution is -2.45. The topological polar surface area (TPSA) is 50.5 Å². The quantitative estimate of drug-likeness (QED) is 0.813. The van der Waals surface area contributed by atoms with Gasteiger partial charge in [0.15, 0.2) is 0 Å². The predicted octanol–water partition coefficient (Wildman–Crippen LogP) is 3.41. The van der Waals surface area contributed by atoms with Crippen LogP contribution < -0.4 is 0 Å². The van der Waals surface area contributed by atoms with Crippen LogP contribution in [0.4, 0.5) is 13.2 Å². The van der Waals surface area contributed by atoms with Crippen molar-refractivity contribution in [3.63, 3.8) is 0 Å². The van der Waals surface area contributed by atoms with Gasteiger partial charge in [0.25, 0.3) is 0 Å². The fraction of sp³-hybridized carbons (Fsp3) is 0.632. The Bertz CT molecular complexity index is 810. The van der Waals surface area contributed by atoms with E-state index in [1.54, 1.807) is 0 Å². The number of aromatic nitrogens is 2. The molecule has 0 amide bonds. The third-order valence-electron chi connectivity index (χ3n) is 5.55. The van der Waals surface area contributed by atoms with Crippen LogP contribution in [-0.2, 0) is 36.0 Å². The molecule has 0 unspecified atom stereocenters. The van der Waals surface area contributed by atoms with Gasteiger partial charge in [-0.15, -0.1) is 11.3 Å². The highest BCUT2D eigenvalue weighted by Crippen LogP contribution is 2.48. The lowest BCUT2D eigenvalue weighted by atomic mass is 9.85. The Labute approximate surface area is 165 Å². The zero-order chi connectivity index (χ0) is 19.8. The van der Waals surface area contributed by atoms with E-state index in [4.69, 9.17) is 9.84 Å². The third kappa shape index (κ3) is 3.98. The molecule has 9 heteroatoms. The number of ether oxygens (including phenoxy) is 1. The molecule has 1 saturated heterocycles. The summed E-state index contributed by atoms with van der Waals surface area (Å²) in [5.41, 5.74) is 1.35. The van der Waals surface area contributed by atoms with E-state index in [9.17, 15) is 13.2 Å². The van der Waals surface area contributed by atoms with Crippen molar-refractivity contribution in [2.45, 2.75) is 50.6 Å². The summed E-state index contributed by atoms with van der Waals surface area (Å²) in [4.78, 5) is 2.57. The summed E-state index contributed by atoms with van der Waals surface area (Å²) in [6.07, 6.45) is 2.18. The molecule has 0 radical (unpaired) electrons. The molecule has 0 saturated carbocycles. The van der Waals surface area contributed by atoms with E-state index in [-0.39, 0.29) is 6.61 Å². The van der Waals surface area contributed by atoms with Crippen molar-refractivity contribution >= 4 is 11.3 Å². The van der Waals surface area contributed by atoms with Gasteiger partial charge >= 0.3 is 6.18 Å². The zero-order valence-corrected chi connectivity index (χ0v) is 16.4. The van der Waals surface area contributed by atoms with Crippen LogP contribution in [0.2, 0.25) is 0 Å². The number of nitrogens with zero attached hydrogens (tertiary/aromatic N) is 3. The number of likely N-dealkylation sites (tertiary alicyclic amines) is 1. The van der Waals surface area contributed by atoms with Gasteiger partial charge in [-0.2, -0.15) is 18.3 Å². The fourth-order valence-corrected chi connectivity index (χ4v) is 5.38. The highest BCUT2D eigenvalue weighted by Gasteiger charge is 2.45. The summed E-state index contributed by atoms with van der Waals surface area (Å²) in [5.74, 6) is 0. The van der Waals surface area contributed by atoms with Gasteiger partial charge in [0, 0.05) is 49.4 Å². The summed E-state index contributed by atoms with van der Waals surface area (Å²) in [7, 11) is 0. The van der Waals surface area contributed by atoms with Crippen molar-refractivity contribution in [2.24, 2.45) is 0 Å². The maximum Gasteiger partial charge on any atom is 0.425 e. The number of aryl methyl sites for hydroxylation is 1. The van der Waals surface area contributed by atoms with E-state index in [2.05, 4.69) is 10.00 Å². The Kier molecular flexibility index (Phi) is 5.52. The molecule has 1 fully saturated rings. The Morgan fingerprint density at radius 2 is 2.07 bits per heavy atom. The average molecular weight is 415 g/mol. The van der Waals surface area contributed by atoms with Crippen LogP contribution in [0.15, 0.2) is 18.5 Å². The molecule has 0 atom stereocenters. The molecule has 28 heavy (non-hydrogen) atoms. The minimum atomic E-state index is -4.29. The fourth-order valence-electron chi connectivity index (χ4n) is 4.11. The Morgan fingerprint density at radius 3 is 2.79 bits per heavy atom. The number of alkyl halides is 3. The van der Waals surface area contributed by atoms with Crippen molar-refractivity contribution in [1.29, 1.82) is 0 Å². The monoisotopic (exact) mass is 415 g/mol. The van der Waals surface area contributed by atoms with Crippen LogP contribution in [0.3, 0.4) is 0 Å². The molecule has 0 aromatic carbocycles. The molecule has 2 aliphatic rings. The van der Waals surface area contributed by atoms with Crippen LogP contribution in [0.25, 0.3) is 0 Å². The maximum atomic E-state index is 13.2. The van der Waals surface area contributed by atoms with Crippen LogP contribution in [-0.4, -0.2) is 46.1 Å². The number of hydrogen-bond donors (Lipinski definition) is 1. The minimum Gasteiger partial charge on any atom is -0.396 e. The van der Waals surface area contributed by atoms with Crippen LogP contribution in [0.1, 0.15) is 40.1 Å². The first-order chi connectivity index (χ1) is 13.4. The number of fused-ring (bicyclic) bond motifs is 2. The molecule has 2 aliphatic heterocycles. The van der Waals surface area contributed by atoms with Gasteiger partial charge in [0.2, 0.25) is 0 Å². The number of piperidine rings is 1. The summed E-state index contributed by atoms with van der Waals surface area (Å²) in [5, 5.41) is 13.2. The van der Waals surface area contributed by atoms with Crippen LogP contribution in [0.5, 0.6) is 0 Å². The second kappa shape index (κ2) is 7.78. The van der Waals surface area contributed by atoms with E-state index in [0.29, 0.717) is 38.8 Å². The van der Waals surface area contributed by atoms with Crippen molar-refractivity contribution in [3.05, 3.63) is 39.3 Å². The molecular weight excluding hydrogens is 391 g/mol. The molecule has 4 heterocycles. The number of halogens is 3. The lowest BCUT2D eigenvalue weighted by molar-refractivity contribution is -0.134. The molecule has 1 spiro atoms. The second-order valence-electron chi connectivity index (χ2n) is 7.52. The number of aliphatic hydroxyl groups excluding tert-OH is 1. The maximum absolute atomic E-state index is 13.2. The highest BCUT2D eigenvalue weighted by atomic mass is 32.1. The normalized spacial score (nSPS) is 19.9. The number of thiophene rings is 1. The van der Waals surface area contributed by atoms with Crippen molar-refractivity contribution in [3.8, 4) is 0 Å². The highest BCUT2D eigenvalue weighted by molar-refractivity contribution is 7.12. The van der Waals surface area contributed by atoms with Crippen molar-refractivity contribution in [1.82, 2.24) is 14.7 Å². The van der Waals surface area contributed by atoms with E-state index in [0.717, 1.165) is 47.0 Å². The van der Waals surface area contributed by atoms with Gasteiger partial charge in [0.05, 0.1) is 12.8 Å². The van der Waals surface area contributed by atoms with E-state index >= 15 is 0 Å². The van der Waals surface area contributed by atoms with Gasteiger partial charge in [0.1, 0.15) is 10.5 Å². The first-order valence-corrected chi connectivity index (χ1v) is 10.4. The lowest BCUT2D eigenvalue weighted by Gasteiger charge is -2.43. The number of rotatable bonds is 5. The first kappa shape index (κ1) is 19.9. The van der Waals surface area contributed by atoms with Crippen LogP contribution in [0, 0.1) is 0 Å². The molecular formula is C19H24F3N3O2S. The van der Waals surface area contributed by atoms with Crippen molar-refractivity contribution in [2.75, 3.05) is 26.3 Å². The predicted molar refractivity (Wildman–Crippen MR) is 99.1 cm³/mol. The molecule has 2 aromatic rings. The second-order valence-corrected chi connectivity index (χ2v) is 8.57. The molecule has 154 valence electrons. The summed E-state index contributed by atoms with van der Waals surface area (Å²) in [6.45, 7) is 3.64. The van der Waals surface area contributed by atoms with Gasteiger partial charge in [-0.3, -0.25) is 9.58 Å². The van der Waals surface area contributed by atoms with Gasteiger partial charge in [-0.25, -0.2) is 0 Å². The third-order valence-corrected chi connectivity index (χ3v) is 6.96.